The van der Waals surface area contributed by atoms with E-state index in [1.54, 1.807) is 0 Å². The molecular formula is C13H17BrO. The molecule has 0 fully saturated rings. The van der Waals surface area contributed by atoms with Gasteiger partial charge in [0.25, 0.3) is 0 Å². The molecule has 0 heterocycles. The van der Waals surface area contributed by atoms with Gasteiger partial charge in [0, 0.05) is 4.83 Å². The van der Waals surface area contributed by atoms with E-state index in [-0.39, 0.29) is 0 Å². The van der Waals surface area contributed by atoms with Gasteiger partial charge in [0.2, 0.25) is 0 Å². The summed E-state index contributed by atoms with van der Waals surface area (Å²) in [6, 6.07) is 6.50. The molecule has 2 heteroatoms. The summed E-state index contributed by atoms with van der Waals surface area (Å²) in [5.41, 5.74) is 2.89. The summed E-state index contributed by atoms with van der Waals surface area (Å²) in [4.78, 5) is 0.504. The van der Waals surface area contributed by atoms with Gasteiger partial charge in [-0.1, -0.05) is 28.9 Å². The Morgan fingerprint density at radius 1 is 1.33 bits per heavy atom. The molecule has 1 aliphatic rings. The van der Waals surface area contributed by atoms with Crippen LogP contribution < -0.4 is 4.74 Å². The Balaban J connectivity index is 2.36. The van der Waals surface area contributed by atoms with Crippen molar-refractivity contribution in [2.45, 2.75) is 37.4 Å². The molecule has 0 spiro atoms. The molecule has 0 saturated carbocycles. The topological polar surface area (TPSA) is 9.23 Å². The number of benzene rings is 1. The maximum absolute atomic E-state index is 5.53. The van der Waals surface area contributed by atoms with Crippen LogP contribution in [0.2, 0.25) is 0 Å². The minimum Gasteiger partial charge on any atom is -0.494 e. The number of hydrogen-bond acceptors (Lipinski definition) is 1. The summed E-state index contributed by atoms with van der Waals surface area (Å²) in [5.74, 6) is 1.68. The van der Waals surface area contributed by atoms with Crippen molar-refractivity contribution in [2.75, 3.05) is 6.61 Å². The molecule has 1 aromatic rings. The Labute approximate surface area is 100.0 Å². The molecule has 1 nitrogen and oxygen atoms in total. The van der Waals surface area contributed by atoms with E-state index in [4.69, 9.17) is 4.74 Å². The first-order valence-corrected chi connectivity index (χ1v) is 6.54. The summed E-state index contributed by atoms with van der Waals surface area (Å²) >= 11 is 3.74. The molecule has 0 radical (unpaired) electrons. The number of fused-ring (bicyclic) bond motifs is 1. The average Bonchev–Trinajstić information content (AvgIpc) is 2.24. The number of rotatable bonds is 2. The lowest BCUT2D eigenvalue weighted by atomic mass is 9.84. The lowest BCUT2D eigenvalue weighted by molar-refractivity contribution is 0.339. The van der Waals surface area contributed by atoms with Crippen LogP contribution in [0.15, 0.2) is 18.2 Å². The highest BCUT2D eigenvalue weighted by atomic mass is 79.9. The van der Waals surface area contributed by atoms with Crippen LogP contribution in [0.4, 0.5) is 0 Å². The Morgan fingerprint density at radius 3 is 2.87 bits per heavy atom. The second-order valence-corrected chi connectivity index (χ2v) is 5.27. The van der Waals surface area contributed by atoms with Crippen molar-refractivity contribution in [3.63, 3.8) is 0 Å². The zero-order chi connectivity index (χ0) is 10.8. The zero-order valence-electron chi connectivity index (χ0n) is 9.29. The lowest BCUT2D eigenvalue weighted by Crippen LogP contribution is -2.09. The maximum atomic E-state index is 5.53. The van der Waals surface area contributed by atoms with Gasteiger partial charge in [-0.3, -0.25) is 0 Å². The van der Waals surface area contributed by atoms with Gasteiger partial charge >= 0.3 is 0 Å². The van der Waals surface area contributed by atoms with Crippen molar-refractivity contribution in [1.82, 2.24) is 0 Å². The highest BCUT2D eigenvalue weighted by Crippen LogP contribution is 2.42. The van der Waals surface area contributed by atoms with E-state index in [1.807, 2.05) is 6.92 Å². The smallest absolute Gasteiger partial charge is 0.119 e. The lowest BCUT2D eigenvalue weighted by Gasteiger charge is -2.26. The fraction of sp³-hybridized carbons (Fsp3) is 0.538. The quantitative estimate of drug-likeness (QED) is 0.722. The van der Waals surface area contributed by atoms with Crippen LogP contribution in [0, 0.1) is 0 Å². The van der Waals surface area contributed by atoms with Crippen molar-refractivity contribution in [2.24, 2.45) is 0 Å². The molecule has 2 rings (SSSR count). The second kappa shape index (κ2) is 4.56. The molecule has 2 unspecified atom stereocenters. The van der Waals surface area contributed by atoms with Gasteiger partial charge in [-0.25, -0.2) is 0 Å². The minimum atomic E-state index is 0.504. The third-order valence-electron chi connectivity index (χ3n) is 3.09. The van der Waals surface area contributed by atoms with Gasteiger partial charge in [0.05, 0.1) is 6.61 Å². The molecular weight excluding hydrogens is 252 g/mol. The van der Waals surface area contributed by atoms with Crippen molar-refractivity contribution in [1.29, 1.82) is 0 Å². The Kier molecular flexibility index (Phi) is 3.35. The number of ether oxygens (including phenoxy) is 1. The van der Waals surface area contributed by atoms with Crippen molar-refractivity contribution in [3.8, 4) is 5.75 Å². The summed E-state index contributed by atoms with van der Waals surface area (Å²) < 4.78 is 5.53. The third-order valence-corrected chi connectivity index (χ3v) is 4.04. The molecule has 2 atom stereocenters. The normalized spacial score (nSPS) is 24.7. The van der Waals surface area contributed by atoms with Gasteiger partial charge < -0.3 is 4.74 Å². The van der Waals surface area contributed by atoms with Crippen molar-refractivity contribution in [3.05, 3.63) is 29.3 Å². The SMILES string of the molecule is CCOc1ccc2c(c1)C(Br)CCC2C. The summed E-state index contributed by atoms with van der Waals surface area (Å²) in [6.45, 7) is 5.06. The molecule has 0 bridgehead atoms. The number of alkyl halides is 1. The van der Waals surface area contributed by atoms with Crippen LogP contribution in [-0.2, 0) is 0 Å². The predicted molar refractivity (Wildman–Crippen MR) is 66.9 cm³/mol. The fourth-order valence-electron chi connectivity index (χ4n) is 2.24. The largest absolute Gasteiger partial charge is 0.494 e. The van der Waals surface area contributed by atoms with E-state index in [2.05, 4.69) is 41.1 Å². The number of hydrogen-bond donors (Lipinski definition) is 0. The Hall–Kier alpha value is -0.500. The standard InChI is InChI=1S/C13H17BrO/c1-3-15-10-5-6-11-9(2)4-7-13(14)12(11)8-10/h5-6,8-9,13H,3-4,7H2,1-2H3. The van der Waals surface area contributed by atoms with Gasteiger partial charge in [-0.15, -0.1) is 0 Å². The van der Waals surface area contributed by atoms with E-state index in [0.717, 1.165) is 12.4 Å². The van der Waals surface area contributed by atoms with E-state index < -0.39 is 0 Å². The van der Waals surface area contributed by atoms with Gasteiger partial charge in [-0.05, 0) is 48.9 Å². The van der Waals surface area contributed by atoms with E-state index in [9.17, 15) is 0 Å². The first kappa shape index (κ1) is 11.0. The van der Waals surface area contributed by atoms with Gasteiger partial charge in [0.15, 0.2) is 0 Å². The van der Waals surface area contributed by atoms with E-state index >= 15 is 0 Å². The van der Waals surface area contributed by atoms with Crippen LogP contribution in [0.1, 0.15) is 48.6 Å². The number of halogens is 1. The summed E-state index contributed by atoms with van der Waals surface area (Å²) in [5, 5.41) is 0. The highest BCUT2D eigenvalue weighted by Gasteiger charge is 2.23. The molecule has 0 aromatic heterocycles. The molecule has 0 aliphatic heterocycles. The zero-order valence-corrected chi connectivity index (χ0v) is 10.9. The third kappa shape index (κ3) is 2.20. The molecule has 82 valence electrons. The molecule has 15 heavy (non-hydrogen) atoms. The highest BCUT2D eigenvalue weighted by molar-refractivity contribution is 9.09. The predicted octanol–water partition coefficient (Wildman–Crippen LogP) is 4.42. The molecule has 0 amide bonds. The van der Waals surface area contributed by atoms with Gasteiger partial charge in [0.1, 0.15) is 5.75 Å². The Morgan fingerprint density at radius 2 is 2.13 bits per heavy atom. The van der Waals surface area contributed by atoms with Crippen LogP contribution in [0.5, 0.6) is 5.75 Å². The Bertz CT molecular complexity index is 348. The first-order chi connectivity index (χ1) is 7.22. The average molecular weight is 269 g/mol. The monoisotopic (exact) mass is 268 g/mol. The summed E-state index contributed by atoms with van der Waals surface area (Å²) in [6.07, 6.45) is 2.50. The summed E-state index contributed by atoms with van der Waals surface area (Å²) in [7, 11) is 0. The molecule has 0 saturated heterocycles. The molecule has 0 N–H and O–H groups in total. The molecule has 1 aliphatic carbocycles. The molecule has 1 aromatic carbocycles. The second-order valence-electron chi connectivity index (χ2n) is 4.17. The van der Waals surface area contributed by atoms with Crippen LogP contribution in [0.25, 0.3) is 0 Å². The van der Waals surface area contributed by atoms with Crippen molar-refractivity contribution < 1.29 is 4.74 Å². The van der Waals surface area contributed by atoms with E-state index in [0.29, 0.717) is 10.7 Å². The van der Waals surface area contributed by atoms with E-state index in [1.165, 1.54) is 24.0 Å². The van der Waals surface area contributed by atoms with Gasteiger partial charge in [-0.2, -0.15) is 0 Å². The maximum Gasteiger partial charge on any atom is 0.119 e. The van der Waals surface area contributed by atoms with Crippen molar-refractivity contribution >= 4 is 15.9 Å². The fourth-order valence-corrected chi connectivity index (χ4v) is 2.90. The van der Waals surface area contributed by atoms with Crippen LogP contribution in [0.3, 0.4) is 0 Å². The first-order valence-electron chi connectivity index (χ1n) is 5.63. The van der Waals surface area contributed by atoms with Crippen LogP contribution >= 0.6 is 15.9 Å². The van der Waals surface area contributed by atoms with Crippen LogP contribution in [-0.4, -0.2) is 6.61 Å². The minimum absolute atomic E-state index is 0.504.